The first-order valence-electron chi connectivity index (χ1n) is 7.22. The third-order valence-electron chi connectivity index (χ3n) is 3.30. The van der Waals surface area contributed by atoms with Gasteiger partial charge < -0.3 is 15.8 Å². The minimum atomic E-state index is -0.459. The highest BCUT2D eigenvalue weighted by Crippen LogP contribution is 2.30. The van der Waals surface area contributed by atoms with Gasteiger partial charge in [0.15, 0.2) is 0 Å². The highest BCUT2D eigenvalue weighted by atomic mass is 35.5. The highest BCUT2D eigenvalue weighted by Gasteiger charge is 2.13. The molecule has 0 aliphatic carbocycles. The summed E-state index contributed by atoms with van der Waals surface area (Å²) in [4.78, 5) is 14.8. The Kier molecular flexibility index (Phi) is 4.67. The molecule has 0 saturated heterocycles. The number of benzene rings is 2. The van der Waals surface area contributed by atoms with E-state index in [1.54, 1.807) is 48.5 Å². The Bertz CT molecular complexity index is 933. The van der Waals surface area contributed by atoms with E-state index >= 15 is 0 Å². The molecule has 0 aliphatic heterocycles. The summed E-state index contributed by atoms with van der Waals surface area (Å²) < 4.78 is 5.72. The van der Waals surface area contributed by atoms with Gasteiger partial charge in [0.2, 0.25) is 0 Å². The first kappa shape index (κ1) is 16.5. The average molecular weight is 357 g/mol. The number of nitrogen functional groups attached to an aromatic ring is 1. The highest BCUT2D eigenvalue weighted by molar-refractivity contribution is 6.33. The summed E-state index contributed by atoms with van der Waals surface area (Å²) in [5.41, 5.74) is 6.43. The lowest BCUT2D eigenvalue weighted by Gasteiger charge is -2.10. The predicted octanol–water partition coefficient (Wildman–Crippen LogP) is 4.76. The minimum Gasteiger partial charge on any atom is -0.457 e. The molecule has 0 unspecified atom stereocenters. The van der Waals surface area contributed by atoms with Crippen molar-refractivity contribution < 1.29 is 9.66 Å². The van der Waals surface area contributed by atoms with Gasteiger partial charge in [-0.2, -0.15) is 0 Å². The van der Waals surface area contributed by atoms with E-state index in [-0.39, 0.29) is 5.69 Å². The van der Waals surface area contributed by atoms with E-state index in [9.17, 15) is 10.1 Å². The Morgan fingerprint density at radius 3 is 2.64 bits per heavy atom. The Morgan fingerprint density at radius 1 is 1.12 bits per heavy atom. The number of halogens is 1. The summed E-state index contributed by atoms with van der Waals surface area (Å²) in [7, 11) is 0. The second kappa shape index (κ2) is 7.06. The van der Waals surface area contributed by atoms with E-state index < -0.39 is 4.92 Å². The molecule has 0 spiro atoms. The number of anilines is 3. The van der Waals surface area contributed by atoms with Crippen LogP contribution in [0.5, 0.6) is 11.5 Å². The van der Waals surface area contributed by atoms with Crippen molar-refractivity contribution in [2.24, 2.45) is 0 Å². The van der Waals surface area contributed by atoms with Crippen LogP contribution in [0.4, 0.5) is 22.9 Å². The predicted molar refractivity (Wildman–Crippen MR) is 96.6 cm³/mol. The van der Waals surface area contributed by atoms with Crippen LogP contribution in [0.2, 0.25) is 5.02 Å². The second-order valence-corrected chi connectivity index (χ2v) is 5.47. The average Bonchev–Trinajstić information content (AvgIpc) is 2.59. The number of rotatable bonds is 5. The zero-order valence-corrected chi connectivity index (χ0v) is 13.6. The quantitative estimate of drug-likeness (QED) is 0.388. The number of hydrogen-bond acceptors (Lipinski definition) is 6. The van der Waals surface area contributed by atoms with Gasteiger partial charge in [-0.3, -0.25) is 10.1 Å². The zero-order valence-electron chi connectivity index (χ0n) is 12.8. The Balaban J connectivity index is 1.82. The van der Waals surface area contributed by atoms with Gasteiger partial charge in [-0.1, -0.05) is 23.7 Å². The molecule has 3 N–H and O–H groups in total. The number of nitrogens with one attached hydrogen (secondary N) is 1. The fourth-order valence-electron chi connectivity index (χ4n) is 2.13. The summed E-state index contributed by atoms with van der Waals surface area (Å²) in [6.07, 6.45) is 1.53. The monoisotopic (exact) mass is 356 g/mol. The van der Waals surface area contributed by atoms with Crippen LogP contribution in [-0.4, -0.2) is 9.91 Å². The van der Waals surface area contributed by atoms with Gasteiger partial charge in [-0.25, -0.2) is 4.98 Å². The topological polar surface area (TPSA) is 103 Å². The number of hydrogen-bond donors (Lipinski definition) is 2. The first-order valence-corrected chi connectivity index (χ1v) is 7.60. The molecule has 2 aromatic carbocycles. The van der Waals surface area contributed by atoms with Crippen LogP contribution >= 0.6 is 11.6 Å². The van der Waals surface area contributed by atoms with E-state index in [0.717, 1.165) is 0 Å². The Morgan fingerprint density at radius 2 is 1.88 bits per heavy atom. The molecule has 126 valence electrons. The van der Waals surface area contributed by atoms with Crippen LogP contribution < -0.4 is 15.8 Å². The Labute approximate surface area is 148 Å². The molecule has 7 nitrogen and oxygen atoms in total. The molecule has 0 saturated carbocycles. The summed E-state index contributed by atoms with van der Waals surface area (Å²) in [5, 5.41) is 14.4. The number of aromatic nitrogens is 1. The van der Waals surface area contributed by atoms with Gasteiger partial charge in [0.1, 0.15) is 23.0 Å². The smallest absolute Gasteiger partial charge is 0.292 e. The zero-order chi connectivity index (χ0) is 17.8. The second-order valence-electron chi connectivity index (χ2n) is 5.06. The fourth-order valence-corrected chi connectivity index (χ4v) is 2.30. The molecule has 0 aliphatic rings. The van der Waals surface area contributed by atoms with Crippen LogP contribution in [0.15, 0.2) is 60.8 Å². The molecule has 0 radical (unpaired) electrons. The van der Waals surface area contributed by atoms with Crippen LogP contribution in [0, 0.1) is 10.1 Å². The number of pyridine rings is 1. The SMILES string of the molecule is Nc1ccc(Oc2ccnc(Nc3ccccc3[N+](=O)[O-])c2)cc1Cl. The summed E-state index contributed by atoms with van der Waals surface area (Å²) in [5.74, 6) is 1.42. The lowest BCUT2D eigenvalue weighted by molar-refractivity contribution is -0.383. The molecule has 0 atom stereocenters. The molecule has 3 rings (SSSR count). The third kappa shape index (κ3) is 3.96. The standard InChI is InChI=1S/C17H13ClN4O3/c18-13-9-11(5-6-14(13)19)25-12-7-8-20-17(10-12)21-15-3-1-2-4-16(15)22(23)24/h1-10H,19H2,(H,20,21). The van der Waals surface area contributed by atoms with Crippen molar-refractivity contribution in [3.63, 3.8) is 0 Å². The van der Waals surface area contributed by atoms with E-state index in [2.05, 4.69) is 10.3 Å². The molecule has 3 aromatic rings. The number of para-hydroxylation sites is 2. The van der Waals surface area contributed by atoms with Crippen molar-refractivity contribution in [3.05, 3.63) is 75.9 Å². The molecule has 1 aromatic heterocycles. The van der Waals surface area contributed by atoms with Crippen molar-refractivity contribution in [1.29, 1.82) is 0 Å². The Hall–Kier alpha value is -3.32. The van der Waals surface area contributed by atoms with Gasteiger partial charge in [0.25, 0.3) is 5.69 Å². The van der Waals surface area contributed by atoms with Crippen molar-refractivity contribution in [2.45, 2.75) is 0 Å². The van der Waals surface area contributed by atoms with Crippen molar-refractivity contribution in [1.82, 2.24) is 4.98 Å². The summed E-state index contributed by atoms with van der Waals surface area (Å²) >= 11 is 5.97. The summed E-state index contributed by atoms with van der Waals surface area (Å²) in [6.45, 7) is 0. The van der Waals surface area contributed by atoms with Gasteiger partial charge in [-0.15, -0.1) is 0 Å². The maximum absolute atomic E-state index is 11.1. The number of nitro groups is 1. The first-order chi connectivity index (χ1) is 12.0. The molecule has 1 heterocycles. The van der Waals surface area contributed by atoms with Crippen LogP contribution in [0.3, 0.4) is 0 Å². The maximum atomic E-state index is 11.1. The van der Waals surface area contributed by atoms with Gasteiger partial charge in [0.05, 0.1) is 15.6 Å². The van der Waals surface area contributed by atoms with Crippen molar-refractivity contribution >= 4 is 34.5 Å². The number of nitrogens with two attached hydrogens (primary N) is 1. The maximum Gasteiger partial charge on any atom is 0.292 e. The van der Waals surface area contributed by atoms with Crippen LogP contribution in [0.1, 0.15) is 0 Å². The molecule has 0 fully saturated rings. The minimum absolute atomic E-state index is 0.0408. The normalized spacial score (nSPS) is 10.3. The van der Waals surface area contributed by atoms with E-state index in [0.29, 0.717) is 33.7 Å². The largest absolute Gasteiger partial charge is 0.457 e. The molecule has 0 bridgehead atoms. The molecule has 25 heavy (non-hydrogen) atoms. The van der Waals surface area contributed by atoms with Gasteiger partial charge in [-0.05, 0) is 24.3 Å². The van der Waals surface area contributed by atoms with Crippen molar-refractivity contribution in [3.8, 4) is 11.5 Å². The fraction of sp³-hybridized carbons (Fsp3) is 0. The van der Waals surface area contributed by atoms with Crippen molar-refractivity contribution in [2.75, 3.05) is 11.1 Å². The lowest BCUT2D eigenvalue weighted by atomic mass is 10.2. The third-order valence-corrected chi connectivity index (χ3v) is 3.63. The molecule has 0 amide bonds. The lowest BCUT2D eigenvalue weighted by Crippen LogP contribution is -1.98. The molecule has 8 heteroatoms. The van der Waals surface area contributed by atoms with Gasteiger partial charge in [0, 0.05) is 24.4 Å². The number of nitro benzene ring substituents is 1. The summed E-state index contributed by atoms with van der Waals surface area (Å²) in [6, 6.07) is 14.5. The molecular weight excluding hydrogens is 344 g/mol. The number of ether oxygens (including phenoxy) is 1. The van der Waals surface area contributed by atoms with Crippen LogP contribution in [-0.2, 0) is 0 Å². The van der Waals surface area contributed by atoms with E-state index in [1.807, 2.05) is 0 Å². The number of nitrogens with zero attached hydrogens (tertiary/aromatic N) is 2. The molecular formula is C17H13ClN4O3. The van der Waals surface area contributed by atoms with E-state index in [4.69, 9.17) is 22.1 Å². The van der Waals surface area contributed by atoms with E-state index in [1.165, 1.54) is 12.3 Å². The van der Waals surface area contributed by atoms with Gasteiger partial charge >= 0.3 is 0 Å². The van der Waals surface area contributed by atoms with Crippen LogP contribution in [0.25, 0.3) is 0 Å².